The molecular formula is C39H61NO13. The molecule has 1 spiro atoms. The van der Waals surface area contributed by atoms with E-state index in [2.05, 4.69) is 11.8 Å². The number of hydrogen-bond acceptors (Lipinski definition) is 14. The molecular weight excluding hydrogens is 690 g/mol. The van der Waals surface area contributed by atoms with Crippen LogP contribution in [0.25, 0.3) is 0 Å². The summed E-state index contributed by atoms with van der Waals surface area (Å²) in [6.45, 7) is 14.5. The van der Waals surface area contributed by atoms with E-state index in [0.29, 0.717) is 31.8 Å². The predicted octanol–water partition coefficient (Wildman–Crippen LogP) is 1.04. The van der Waals surface area contributed by atoms with Crippen LogP contribution in [0.15, 0.2) is 0 Å². The molecule has 3 aliphatic heterocycles. The molecule has 0 aromatic heterocycles. The Labute approximate surface area is 311 Å². The lowest BCUT2D eigenvalue weighted by Gasteiger charge is -2.64. The molecule has 4 aliphatic carbocycles. The van der Waals surface area contributed by atoms with E-state index in [9.17, 15) is 45.0 Å². The van der Waals surface area contributed by atoms with E-state index in [1.165, 1.54) is 13.8 Å². The van der Waals surface area contributed by atoms with Crippen molar-refractivity contribution in [2.24, 2.45) is 46.8 Å². The zero-order valence-electron chi connectivity index (χ0n) is 32.4. The molecule has 7 rings (SSSR count). The first-order chi connectivity index (χ1) is 24.6. The predicted molar refractivity (Wildman–Crippen MR) is 185 cm³/mol. The molecule has 4 bridgehead atoms. The number of carbonyl (C=O) groups is 3. The third-order valence-electron chi connectivity index (χ3n) is 15.8. The van der Waals surface area contributed by atoms with E-state index >= 15 is 0 Å². The first-order valence-corrected chi connectivity index (χ1v) is 19.8. The zero-order chi connectivity index (χ0) is 39.0. The van der Waals surface area contributed by atoms with Gasteiger partial charge >= 0.3 is 17.9 Å². The second-order valence-corrected chi connectivity index (χ2v) is 18.6. The third kappa shape index (κ3) is 5.14. The van der Waals surface area contributed by atoms with Gasteiger partial charge in [-0.1, -0.05) is 34.6 Å². The van der Waals surface area contributed by atoms with Gasteiger partial charge in [0.15, 0.2) is 17.8 Å². The molecule has 2 unspecified atom stereocenters. The molecule has 19 atom stereocenters. The lowest BCUT2D eigenvalue weighted by molar-refractivity contribution is -0.300. The van der Waals surface area contributed by atoms with Gasteiger partial charge in [0.2, 0.25) is 5.79 Å². The fourth-order valence-electron chi connectivity index (χ4n) is 12.8. The number of aliphatic hydroxyl groups is 6. The first-order valence-electron chi connectivity index (χ1n) is 19.8. The highest BCUT2D eigenvalue weighted by atomic mass is 16.7. The van der Waals surface area contributed by atoms with E-state index < -0.39 is 118 Å². The third-order valence-corrected chi connectivity index (χ3v) is 15.8. The van der Waals surface area contributed by atoms with Gasteiger partial charge in [0, 0.05) is 55.6 Å². The molecule has 3 heterocycles. The molecule has 0 amide bonds. The van der Waals surface area contributed by atoms with Crippen molar-refractivity contribution in [2.45, 2.75) is 165 Å². The van der Waals surface area contributed by atoms with Gasteiger partial charge in [-0.05, 0) is 70.1 Å². The molecule has 7 fully saturated rings. The van der Waals surface area contributed by atoms with Gasteiger partial charge in [0.25, 0.3) is 0 Å². The summed E-state index contributed by atoms with van der Waals surface area (Å²) in [6, 6.07) is -0.284. The summed E-state index contributed by atoms with van der Waals surface area (Å²) in [4.78, 5) is 41.9. The van der Waals surface area contributed by atoms with Crippen LogP contribution in [0.2, 0.25) is 0 Å². The van der Waals surface area contributed by atoms with Crippen molar-refractivity contribution >= 4 is 17.9 Å². The number of nitrogens with zero attached hydrogens (tertiary/aromatic N) is 1. The van der Waals surface area contributed by atoms with Gasteiger partial charge in [0.05, 0.1) is 29.3 Å². The van der Waals surface area contributed by atoms with E-state index in [-0.39, 0.29) is 31.7 Å². The minimum Gasteiger partial charge on any atom is -0.462 e. The van der Waals surface area contributed by atoms with Crippen LogP contribution in [-0.4, -0.2) is 131 Å². The fourth-order valence-corrected chi connectivity index (χ4v) is 12.8. The van der Waals surface area contributed by atoms with E-state index in [4.69, 9.17) is 18.9 Å². The van der Waals surface area contributed by atoms with Crippen molar-refractivity contribution < 1.29 is 64.0 Å². The number of piperidine rings is 2. The Morgan fingerprint density at radius 2 is 1.68 bits per heavy atom. The molecule has 7 aliphatic rings. The number of aliphatic hydroxyl groups excluding tert-OH is 2. The number of esters is 3. The molecule has 4 saturated carbocycles. The van der Waals surface area contributed by atoms with Crippen molar-refractivity contribution in [3.63, 3.8) is 0 Å². The van der Waals surface area contributed by atoms with Crippen molar-refractivity contribution in [1.82, 2.24) is 4.90 Å². The number of rotatable bonds is 7. The first kappa shape index (κ1) is 39.3. The van der Waals surface area contributed by atoms with Crippen LogP contribution in [0.3, 0.4) is 0 Å². The van der Waals surface area contributed by atoms with Gasteiger partial charge in [0.1, 0.15) is 11.7 Å². The van der Waals surface area contributed by atoms with Gasteiger partial charge < -0.3 is 49.6 Å². The monoisotopic (exact) mass is 751 g/mol. The summed E-state index contributed by atoms with van der Waals surface area (Å²) in [5.41, 5.74) is -8.42. The van der Waals surface area contributed by atoms with Crippen LogP contribution in [0.5, 0.6) is 0 Å². The van der Waals surface area contributed by atoms with Crippen molar-refractivity contribution in [3.05, 3.63) is 0 Å². The summed E-state index contributed by atoms with van der Waals surface area (Å²) >= 11 is 0. The Bertz CT molecular complexity index is 1500. The van der Waals surface area contributed by atoms with Crippen LogP contribution in [0.4, 0.5) is 0 Å². The van der Waals surface area contributed by atoms with Crippen LogP contribution < -0.4 is 0 Å². The largest absolute Gasteiger partial charge is 0.462 e. The normalized spacial score (nSPS) is 52.9. The highest BCUT2D eigenvalue weighted by molar-refractivity contribution is 5.79. The summed E-state index contributed by atoms with van der Waals surface area (Å²) in [6.07, 6.45) is -5.29. The Morgan fingerprint density at radius 1 is 1.00 bits per heavy atom. The highest BCUT2D eigenvalue weighted by Gasteiger charge is 2.89. The number of hydrogen-bond donors (Lipinski definition) is 6. The van der Waals surface area contributed by atoms with E-state index in [1.807, 2.05) is 6.92 Å². The minimum atomic E-state index is -2.24. The Kier molecular flexibility index (Phi) is 9.31. The van der Waals surface area contributed by atoms with Gasteiger partial charge in [-0.3, -0.25) is 14.5 Å². The standard InChI is InChI=1S/C39H61NO13/c1-9-19(4)32(44)52-31-29(43)28-21(17-40-16-18(3)11-12-25(40)36(28,8)47)22-15-37-30(38(22,31)48)23(42)13-24-35(37,7)26(50-20(5)41)14-27(39(24,49)53-37)51-33(45)34(6,46)10-2/h18-19,21-31,42-43,46-49H,9-17H2,1-8H3/t18-,19?,21-,22-,23+,24-,25-,26-,27-,28+,29+,30+,31-,34?,35+,36+,37+,38-,39-/m0/s1. The summed E-state index contributed by atoms with van der Waals surface area (Å²) in [5, 5.41) is 74.3. The Balaban J connectivity index is 1.40. The van der Waals surface area contributed by atoms with Crippen molar-refractivity contribution in [3.8, 4) is 0 Å². The van der Waals surface area contributed by atoms with Crippen molar-refractivity contribution in [1.29, 1.82) is 0 Å². The lowest BCUT2D eigenvalue weighted by Crippen LogP contribution is -2.77. The smallest absolute Gasteiger partial charge is 0.338 e. The topological polar surface area (TPSA) is 213 Å². The minimum absolute atomic E-state index is 0.0128. The summed E-state index contributed by atoms with van der Waals surface area (Å²) in [5.74, 6) is -9.25. The molecule has 3 saturated heterocycles. The number of ether oxygens (including phenoxy) is 4. The van der Waals surface area contributed by atoms with Gasteiger partial charge in [-0.25, -0.2) is 4.79 Å². The molecule has 14 heteroatoms. The maximum Gasteiger partial charge on any atom is 0.338 e. The fraction of sp³-hybridized carbons (Fsp3) is 0.923. The lowest BCUT2D eigenvalue weighted by atomic mass is 9.48. The second-order valence-electron chi connectivity index (χ2n) is 18.6. The van der Waals surface area contributed by atoms with Crippen LogP contribution >= 0.6 is 0 Å². The van der Waals surface area contributed by atoms with E-state index in [1.54, 1.807) is 27.7 Å². The average molecular weight is 752 g/mol. The van der Waals surface area contributed by atoms with Gasteiger partial charge in [-0.15, -0.1) is 0 Å². The quantitative estimate of drug-likeness (QED) is 0.159. The molecule has 0 aromatic carbocycles. The summed E-state index contributed by atoms with van der Waals surface area (Å²) < 4.78 is 24.9. The zero-order valence-corrected chi connectivity index (χ0v) is 32.4. The molecule has 0 aromatic rings. The second kappa shape index (κ2) is 12.5. The molecule has 0 radical (unpaired) electrons. The van der Waals surface area contributed by atoms with Crippen LogP contribution in [0, 0.1) is 46.8 Å². The molecule has 14 nitrogen and oxygen atoms in total. The van der Waals surface area contributed by atoms with Crippen LogP contribution in [0.1, 0.15) is 100 Å². The van der Waals surface area contributed by atoms with Gasteiger partial charge in [-0.2, -0.15) is 0 Å². The maximum absolute atomic E-state index is 13.6. The Morgan fingerprint density at radius 3 is 2.30 bits per heavy atom. The molecule has 300 valence electrons. The Hall–Kier alpha value is -1.91. The average Bonchev–Trinajstić information content (AvgIpc) is 3.37. The number of carbonyl (C=O) groups excluding carboxylic acids is 3. The molecule has 6 N–H and O–H groups in total. The highest BCUT2D eigenvalue weighted by Crippen LogP contribution is 2.77. The van der Waals surface area contributed by atoms with Crippen molar-refractivity contribution in [2.75, 3.05) is 13.1 Å². The molecule has 53 heavy (non-hydrogen) atoms. The SMILES string of the molecule is CCC(C)C(=O)O[C@H]1[C@H](O)[C@H]2[C@@H](CN3C[C@@H](C)CC[C@H]3[C@@]2(C)O)[C@@H]2C[C@]34O[C@]5(O)[C@@H](OC(=O)C(C)(O)CC)C[C@H](OC(C)=O)[C@@]3(C)[C@@H]5C[C@@H](O)[C@H]4[C@@]21O. The number of fused-ring (bicyclic) bond motifs is 5. The maximum atomic E-state index is 13.6. The van der Waals surface area contributed by atoms with E-state index in [0.717, 1.165) is 6.42 Å². The summed E-state index contributed by atoms with van der Waals surface area (Å²) in [7, 11) is 0. The van der Waals surface area contributed by atoms with Crippen LogP contribution in [-0.2, 0) is 33.3 Å².